The van der Waals surface area contributed by atoms with E-state index >= 15 is 0 Å². The van der Waals surface area contributed by atoms with Gasteiger partial charge >= 0.3 is 0 Å². The number of nitrogens with zero attached hydrogens (tertiary/aromatic N) is 2. The van der Waals surface area contributed by atoms with Crippen LogP contribution < -0.4 is 20.3 Å². The van der Waals surface area contributed by atoms with Crippen molar-refractivity contribution in [2.24, 2.45) is 4.99 Å². The van der Waals surface area contributed by atoms with Crippen LogP contribution in [-0.2, 0) is 6.42 Å². The Morgan fingerprint density at radius 1 is 1.15 bits per heavy atom. The first-order chi connectivity index (χ1) is 12.8. The molecule has 5 nitrogen and oxygen atoms in total. The van der Waals surface area contributed by atoms with Gasteiger partial charge in [0, 0.05) is 32.7 Å². The largest absolute Gasteiger partial charge is 0.495 e. The van der Waals surface area contributed by atoms with E-state index in [2.05, 4.69) is 56.9 Å². The van der Waals surface area contributed by atoms with E-state index in [1.54, 1.807) is 7.11 Å². The van der Waals surface area contributed by atoms with E-state index in [4.69, 9.17) is 4.74 Å². The summed E-state index contributed by atoms with van der Waals surface area (Å²) in [7, 11) is 3.55. The predicted octanol–water partition coefficient (Wildman–Crippen LogP) is 3.30. The second kappa shape index (κ2) is 11.0. The van der Waals surface area contributed by atoms with Crippen LogP contribution in [0.2, 0.25) is 0 Å². The fraction of sp³-hybridized carbons (Fsp3) is 0.381. The monoisotopic (exact) mass is 480 g/mol. The Morgan fingerprint density at radius 2 is 1.89 bits per heavy atom. The molecular weight excluding hydrogens is 451 g/mol. The molecule has 1 unspecified atom stereocenters. The molecule has 0 bridgehead atoms. The Labute approximate surface area is 179 Å². The zero-order chi connectivity index (χ0) is 18.2. The first-order valence-electron chi connectivity index (χ1n) is 9.19. The van der Waals surface area contributed by atoms with Gasteiger partial charge in [0.15, 0.2) is 5.96 Å². The summed E-state index contributed by atoms with van der Waals surface area (Å²) in [5.74, 6) is 1.80. The van der Waals surface area contributed by atoms with E-state index in [1.165, 1.54) is 5.56 Å². The van der Waals surface area contributed by atoms with Gasteiger partial charge in [-0.3, -0.25) is 4.99 Å². The molecule has 1 atom stereocenters. The zero-order valence-corrected chi connectivity index (χ0v) is 18.4. The smallest absolute Gasteiger partial charge is 0.191 e. The highest BCUT2D eigenvalue weighted by Gasteiger charge is 2.25. The number of hydrogen-bond acceptors (Lipinski definition) is 3. The molecule has 0 aliphatic carbocycles. The summed E-state index contributed by atoms with van der Waals surface area (Å²) >= 11 is 0. The molecule has 1 aliphatic heterocycles. The van der Waals surface area contributed by atoms with E-state index in [9.17, 15) is 0 Å². The standard InChI is InChI=1S/C21H28N4O.HI/c1-22-21(23-14-12-17-8-4-3-5-9-17)24-18-13-15-25(16-18)19-10-6-7-11-20(19)26-2;/h3-11,18H,12-16H2,1-2H3,(H2,22,23,24);1H. The second-order valence-electron chi connectivity index (χ2n) is 6.48. The molecule has 27 heavy (non-hydrogen) atoms. The van der Waals surface area contributed by atoms with E-state index in [0.29, 0.717) is 6.04 Å². The first kappa shape index (κ1) is 21.3. The quantitative estimate of drug-likeness (QED) is 0.379. The lowest BCUT2D eigenvalue weighted by Crippen LogP contribution is -2.45. The van der Waals surface area contributed by atoms with Crippen LogP contribution in [0.4, 0.5) is 5.69 Å². The fourth-order valence-corrected chi connectivity index (χ4v) is 3.35. The maximum atomic E-state index is 5.49. The van der Waals surface area contributed by atoms with E-state index in [1.807, 2.05) is 25.2 Å². The van der Waals surface area contributed by atoms with E-state index < -0.39 is 0 Å². The van der Waals surface area contributed by atoms with Gasteiger partial charge in [0.1, 0.15) is 5.75 Å². The molecule has 0 spiro atoms. The summed E-state index contributed by atoms with van der Waals surface area (Å²) in [6.45, 7) is 2.82. The van der Waals surface area contributed by atoms with Crippen LogP contribution in [0.3, 0.4) is 0 Å². The molecule has 2 N–H and O–H groups in total. The number of nitrogens with one attached hydrogen (secondary N) is 2. The number of halogens is 1. The molecule has 1 fully saturated rings. The van der Waals surface area contributed by atoms with Crippen molar-refractivity contribution in [2.45, 2.75) is 18.9 Å². The van der Waals surface area contributed by atoms with E-state index in [-0.39, 0.29) is 24.0 Å². The Bertz CT molecular complexity index is 723. The van der Waals surface area contributed by atoms with Crippen molar-refractivity contribution >= 4 is 35.6 Å². The average molecular weight is 480 g/mol. The lowest BCUT2D eigenvalue weighted by molar-refractivity contribution is 0.415. The van der Waals surface area contributed by atoms with Crippen molar-refractivity contribution in [1.82, 2.24) is 10.6 Å². The number of methoxy groups -OCH3 is 1. The zero-order valence-electron chi connectivity index (χ0n) is 16.0. The van der Waals surface area contributed by atoms with Crippen molar-refractivity contribution < 1.29 is 4.74 Å². The number of hydrogen-bond donors (Lipinski definition) is 2. The molecule has 1 saturated heterocycles. The second-order valence-corrected chi connectivity index (χ2v) is 6.48. The minimum atomic E-state index is 0. The summed E-state index contributed by atoms with van der Waals surface area (Å²) in [5, 5.41) is 6.96. The third kappa shape index (κ3) is 6.02. The summed E-state index contributed by atoms with van der Waals surface area (Å²) < 4.78 is 5.49. The molecule has 6 heteroatoms. The Morgan fingerprint density at radius 3 is 2.63 bits per heavy atom. The molecule has 3 rings (SSSR count). The third-order valence-electron chi connectivity index (χ3n) is 4.73. The van der Waals surface area contributed by atoms with Gasteiger partial charge in [-0.2, -0.15) is 0 Å². The number of aliphatic imine (C=N–C) groups is 1. The van der Waals surface area contributed by atoms with Gasteiger partial charge in [0.2, 0.25) is 0 Å². The normalized spacial score (nSPS) is 16.6. The molecule has 146 valence electrons. The molecule has 1 heterocycles. The van der Waals surface area contributed by atoms with E-state index in [0.717, 1.165) is 49.9 Å². The van der Waals surface area contributed by atoms with Crippen LogP contribution >= 0.6 is 24.0 Å². The van der Waals surface area contributed by atoms with Crippen LogP contribution in [0.1, 0.15) is 12.0 Å². The highest BCUT2D eigenvalue weighted by molar-refractivity contribution is 14.0. The first-order valence-corrected chi connectivity index (χ1v) is 9.19. The topological polar surface area (TPSA) is 48.9 Å². The van der Waals surface area contributed by atoms with Gasteiger partial charge in [-0.15, -0.1) is 24.0 Å². The minimum Gasteiger partial charge on any atom is -0.495 e. The van der Waals surface area contributed by atoms with Gasteiger partial charge in [-0.1, -0.05) is 42.5 Å². The summed E-state index contributed by atoms with van der Waals surface area (Å²) in [4.78, 5) is 6.73. The minimum absolute atomic E-state index is 0. The van der Waals surface area contributed by atoms with Crippen LogP contribution in [0.5, 0.6) is 5.75 Å². The summed E-state index contributed by atoms with van der Waals surface area (Å²) in [5.41, 5.74) is 2.49. The van der Waals surface area contributed by atoms with Gasteiger partial charge < -0.3 is 20.3 Å². The van der Waals surface area contributed by atoms with Gasteiger partial charge in [-0.05, 0) is 30.5 Å². The number of anilines is 1. The molecule has 0 aromatic heterocycles. The summed E-state index contributed by atoms with van der Waals surface area (Å²) in [6.07, 6.45) is 2.07. The van der Waals surface area contributed by atoms with Crippen molar-refractivity contribution in [3.05, 3.63) is 60.2 Å². The highest BCUT2D eigenvalue weighted by Crippen LogP contribution is 2.30. The highest BCUT2D eigenvalue weighted by atomic mass is 127. The molecule has 1 aliphatic rings. The fourth-order valence-electron chi connectivity index (χ4n) is 3.35. The lowest BCUT2D eigenvalue weighted by Gasteiger charge is -2.22. The van der Waals surface area contributed by atoms with Crippen molar-refractivity contribution in [3.63, 3.8) is 0 Å². The molecular formula is C21H29IN4O. The average Bonchev–Trinajstić information content (AvgIpc) is 3.16. The van der Waals surface area contributed by atoms with Crippen LogP contribution in [0, 0.1) is 0 Å². The number of ether oxygens (including phenoxy) is 1. The van der Waals surface area contributed by atoms with Gasteiger partial charge in [0.25, 0.3) is 0 Å². The molecule has 0 radical (unpaired) electrons. The number of benzene rings is 2. The van der Waals surface area contributed by atoms with Crippen LogP contribution in [-0.4, -0.2) is 45.8 Å². The maximum Gasteiger partial charge on any atom is 0.191 e. The number of rotatable bonds is 6. The van der Waals surface area contributed by atoms with Gasteiger partial charge in [0.05, 0.1) is 12.8 Å². The summed E-state index contributed by atoms with van der Waals surface area (Å²) in [6, 6.07) is 19.1. The van der Waals surface area contributed by atoms with Crippen LogP contribution in [0.15, 0.2) is 59.6 Å². The molecule has 0 saturated carbocycles. The Balaban J connectivity index is 0.00000261. The van der Waals surface area contributed by atoms with Crippen molar-refractivity contribution in [3.8, 4) is 5.75 Å². The van der Waals surface area contributed by atoms with Gasteiger partial charge in [-0.25, -0.2) is 0 Å². The van der Waals surface area contributed by atoms with Crippen LogP contribution in [0.25, 0.3) is 0 Å². The van der Waals surface area contributed by atoms with Crippen molar-refractivity contribution in [2.75, 3.05) is 38.7 Å². The molecule has 0 amide bonds. The number of para-hydroxylation sites is 2. The Kier molecular flexibility index (Phi) is 8.71. The number of guanidine groups is 1. The van der Waals surface area contributed by atoms with Crippen molar-refractivity contribution in [1.29, 1.82) is 0 Å². The molecule has 2 aromatic carbocycles. The Hall–Kier alpha value is -1.96. The predicted molar refractivity (Wildman–Crippen MR) is 124 cm³/mol. The molecule has 2 aromatic rings. The maximum absolute atomic E-state index is 5.49. The SMILES string of the molecule is CN=C(NCCc1ccccc1)NC1CCN(c2ccccc2OC)C1.I. The lowest BCUT2D eigenvalue weighted by atomic mass is 10.1. The third-order valence-corrected chi connectivity index (χ3v) is 4.73.